The van der Waals surface area contributed by atoms with Gasteiger partial charge < -0.3 is 9.72 Å². The van der Waals surface area contributed by atoms with Crippen molar-refractivity contribution in [2.24, 2.45) is 0 Å². The number of pyridine rings is 1. The Morgan fingerprint density at radius 2 is 1.21 bits per heavy atom. The van der Waals surface area contributed by atoms with E-state index < -0.39 is 17.0 Å². The van der Waals surface area contributed by atoms with Crippen molar-refractivity contribution in [3.05, 3.63) is 108 Å². The van der Waals surface area contributed by atoms with Crippen LogP contribution in [0.1, 0.15) is 38.8 Å². The van der Waals surface area contributed by atoms with Gasteiger partial charge in [0, 0.05) is 48.7 Å². The Morgan fingerprint density at radius 1 is 0.692 bits per heavy atom. The summed E-state index contributed by atoms with van der Waals surface area (Å²) in [4.78, 5) is 18.5. The first kappa shape index (κ1) is 26.9. The van der Waals surface area contributed by atoms with E-state index in [4.69, 9.17) is 9.72 Å². The Balaban J connectivity index is 0.00000308. The summed E-state index contributed by atoms with van der Waals surface area (Å²) in [5.74, 6) is 0.897. The van der Waals surface area contributed by atoms with Gasteiger partial charge in [0.15, 0.2) is 17.5 Å². The van der Waals surface area contributed by atoms with E-state index in [9.17, 15) is 0 Å². The van der Waals surface area contributed by atoms with Gasteiger partial charge in [-0.15, -0.1) is 23.8 Å². The van der Waals surface area contributed by atoms with E-state index in [-0.39, 0.29) is 25.8 Å². The van der Waals surface area contributed by atoms with Gasteiger partial charge >= 0.3 is 0 Å². The van der Waals surface area contributed by atoms with Crippen molar-refractivity contribution in [1.82, 2.24) is 19.9 Å². The monoisotopic (exact) mass is 694 g/mol. The van der Waals surface area contributed by atoms with Crippen molar-refractivity contribution in [3.8, 4) is 45.4 Å². The molecule has 197 valence electrons. The molecule has 6 rings (SSSR count). The van der Waals surface area contributed by atoms with Crippen LogP contribution >= 0.6 is 0 Å². The van der Waals surface area contributed by atoms with Crippen molar-refractivity contribution >= 4 is 0 Å². The number of aromatic nitrogens is 4. The molecule has 5 aromatic rings. The predicted octanol–water partition coefficient (Wildman–Crippen LogP) is 7.37. The van der Waals surface area contributed by atoms with Gasteiger partial charge in [0.2, 0.25) is 0 Å². The normalized spacial score (nSPS) is 14.9. The second-order valence-corrected chi connectivity index (χ2v) is 10.4. The molecule has 1 aliphatic heterocycles. The molecule has 0 saturated carbocycles. The van der Waals surface area contributed by atoms with Crippen LogP contribution in [0.3, 0.4) is 0 Å². The van der Waals surface area contributed by atoms with Crippen LogP contribution < -0.4 is 0 Å². The van der Waals surface area contributed by atoms with Crippen molar-refractivity contribution < 1.29 is 29.2 Å². The molecule has 0 unspecified atom stereocenters. The fraction of sp³-hybridized carbons (Fsp3) is 0.188. The van der Waals surface area contributed by atoms with Gasteiger partial charge in [0.05, 0.1) is 11.2 Å². The third kappa shape index (κ3) is 5.06. The zero-order valence-corrected chi connectivity index (χ0v) is 24.4. The molecule has 0 saturated heterocycles. The second kappa shape index (κ2) is 10.2. The number of hydrogen-bond donors (Lipinski definition) is 0. The predicted molar refractivity (Wildman–Crippen MR) is 145 cm³/mol. The van der Waals surface area contributed by atoms with Crippen LogP contribution in [0.15, 0.2) is 85.1 Å². The molecule has 1 aliphatic rings. The smallest absolute Gasteiger partial charge is 0.165 e. The fourth-order valence-electron chi connectivity index (χ4n) is 5.07. The minimum Gasteiger partial charge on any atom is -0.371 e. The maximum absolute atomic E-state index is 15.6. The van der Waals surface area contributed by atoms with Crippen molar-refractivity contribution in [1.29, 1.82) is 0 Å². The Bertz CT molecular complexity index is 1600. The molecular formula is C32H26FIrN4O-. The van der Waals surface area contributed by atoms with Crippen molar-refractivity contribution in [3.63, 3.8) is 0 Å². The Kier molecular flexibility index (Phi) is 7.02. The molecule has 0 spiro atoms. The molecular weight excluding hydrogens is 668 g/mol. The first-order valence-corrected chi connectivity index (χ1v) is 12.5. The first-order valence-electron chi connectivity index (χ1n) is 12.5. The van der Waals surface area contributed by atoms with Crippen LogP contribution in [0, 0.1) is 11.9 Å². The van der Waals surface area contributed by atoms with Gasteiger partial charge in [-0.25, -0.2) is 19.3 Å². The SMILES string of the molecule is CC1(C)OC(C)(C)c2cc(-c3ncc(-c4nc(-c5ccccc5)nc(-c5ccccc5)n4)cc3F)[c-]cc21.[Ir]. The molecule has 39 heavy (non-hydrogen) atoms. The van der Waals surface area contributed by atoms with E-state index >= 15 is 4.39 Å². The van der Waals surface area contributed by atoms with E-state index in [1.54, 1.807) is 6.20 Å². The molecule has 0 amide bonds. The molecule has 0 fully saturated rings. The summed E-state index contributed by atoms with van der Waals surface area (Å²) < 4.78 is 21.8. The summed E-state index contributed by atoms with van der Waals surface area (Å²) in [5.41, 5.74) is 4.09. The third-order valence-corrected chi connectivity index (χ3v) is 6.81. The zero-order chi connectivity index (χ0) is 26.5. The largest absolute Gasteiger partial charge is 0.371 e. The molecule has 7 heteroatoms. The number of halogens is 1. The van der Waals surface area contributed by atoms with E-state index in [1.165, 1.54) is 6.07 Å². The summed E-state index contributed by atoms with van der Waals surface area (Å²) in [7, 11) is 0. The van der Waals surface area contributed by atoms with E-state index in [2.05, 4.69) is 21.0 Å². The molecule has 0 N–H and O–H groups in total. The molecule has 5 nitrogen and oxygen atoms in total. The van der Waals surface area contributed by atoms with Gasteiger partial charge in [-0.3, -0.25) is 0 Å². The topological polar surface area (TPSA) is 60.8 Å². The summed E-state index contributed by atoms with van der Waals surface area (Å²) in [6.07, 6.45) is 1.60. The van der Waals surface area contributed by atoms with Crippen LogP contribution in [0.4, 0.5) is 4.39 Å². The fourth-order valence-corrected chi connectivity index (χ4v) is 5.07. The van der Waals surface area contributed by atoms with Gasteiger partial charge in [0.25, 0.3) is 0 Å². The maximum atomic E-state index is 15.6. The number of rotatable bonds is 4. The minimum absolute atomic E-state index is 0. The van der Waals surface area contributed by atoms with Crippen molar-refractivity contribution in [2.45, 2.75) is 38.9 Å². The number of hydrogen-bond acceptors (Lipinski definition) is 5. The number of nitrogens with zero attached hydrogens (tertiary/aromatic N) is 4. The van der Waals surface area contributed by atoms with Gasteiger partial charge in [0.1, 0.15) is 5.82 Å². The summed E-state index contributed by atoms with van der Waals surface area (Å²) in [6, 6.07) is 27.8. The zero-order valence-electron chi connectivity index (χ0n) is 22.0. The van der Waals surface area contributed by atoms with Gasteiger partial charge in [-0.1, -0.05) is 71.8 Å². The van der Waals surface area contributed by atoms with E-state index in [0.717, 1.165) is 22.3 Å². The van der Waals surface area contributed by atoms with Crippen LogP contribution in [0.5, 0.6) is 0 Å². The van der Waals surface area contributed by atoms with E-state index in [1.807, 2.05) is 100 Å². The molecule has 3 heterocycles. The summed E-state index contributed by atoms with van der Waals surface area (Å²) >= 11 is 0. The average Bonchev–Trinajstić information content (AvgIpc) is 3.12. The minimum atomic E-state index is -0.494. The first-order chi connectivity index (χ1) is 18.2. The summed E-state index contributed by atoms with van der Waals surface area (Å²) in [5, 5.41) is 0. The summed E-state index contributed by atoms with van der Waals surface area (Å²) in [6.45, 7) is 8.10. The second-order valence-electron chi connectivity index (χ2n) is 10.4. The molecule has 0 aliphatic carbocycles. The average molecular weight is 694 g/mol. The van der Waals surface area contributed by atoms with Crippen LogP contribution in [0.25, 0.3) is 45.4 Å². The Hall–Kier alpha value is -3.64. The number of benzene rings is 3. The molecule has 3 aromatic carbocycles. The number of fused-ring (bicyclic) bond motifs is 1. The molecule has 2 aromatic heterocycles. The molecule has 0 bridgehead atoms. The third-order valence-electron chi connectivity index (χ3n) is 6.81. The maximum Gasteiger partial charge on any atom is 0.165 e. The van der Waals surface area contributed by atoms with Crippen LogP contribution in [0.2, 0.25) is 0 Å². The Labute approximate surface area is 240 Å². The standard InChI is InChI=1S/C32H26FN4O.Ir/c1-31(2)24-16-15-22(17-25(24)32(3,4)38-31)27-26(33)18-23(19-34-27)30-36-28(20-11-7-5-8-12-20)35-29(37-30)21-13-9-6-10-14-21;/h5-14,16-19H,1-4H3;/q-1;. The van der Waals surface area contributed by atoms with Crippen LogP contribution in [-0.4, -0.2) is 19.9 Å². The van der Waals surface area contributed by atoms with Crippen molar-refractivity contribution in [2.75, 3.05) is 0 Å². The molecule has 0 atom stereocenters. The van der Waals surface area contributed by atoms with Crippen LogP contribution in [-0.2, 0) is 36.0 Å². The number of ether oxygens (including phenoxy) is 1. The van der Waals surface area contributed by atoms with Gasteiger partial charge in [-0.2, -0.15) is 0 Å². The Morgan fingerprint density at radius 3 is 1.74 bits per heavy atom. The molecule has 1 radical (unpaired) electrons. The van der Waals surface area contributed by atoms with E-state index in [0.29, 0.717) is 28.6 Å². The quantitative estimate of drug-likeness (QED) is 0.184. The van der Waals surface area contributed by atoms with Gasteiger partial charge in [-0.05, 0) is 33.8 Å².